The number of benzene rings is 2. The van der Waals surface area contributed by atoms with Crippen LogP contribution < -0.4 is 9.80 Å². The van der Waals surface area contributed by atoms with E-state index in [2.05, 4.69) is 14.8 Å². The number of hydrogen-bond acceptors (Lipinski definition) is 6. The van der Waals surface area contributed by atoms with Crippen LogP contribution in [0, 0.1) is 12.7 Å². The zero-order valence-corrected chi connectivity index (χ0v) is 17.0. The normalized spacial score (nSPS) is 15.2. The number of piperazine rings is 1. The molecule has 2 aromatic heterocycles. The van der Waals surface area contributed by atoms with Crippen molar-refractivity contribution in [1.29, 1.82) is 0 Å². The predicted octanol–water partition coefficient (Wildman–Crippen LogP) is 5.33. The van der Waals surface area contributed by atoms with Gasteiger partial charge in [-0.3, -0.25) is 0 Å². The van der Waals surface area contributed by atoms with Crippen LogP contribution in [0.3, 0.4) is 0 Å². The molecule has 1 fully saturated rings. The fourth-order valence-electron chi connectivity index (χ4n) is 3.33. The summed E-state index contributed by atoms with van der Waals surface area (Å²) in [5.41, 5.74) is 2.90. The highest BCUT2D eigenvalue weighted by atomic mass is 35.5. The SMILES string of the molecule is Cc1c(Cl)ccc2sc(N3CCN(c4nc5ccc(F)cc5s4)CC3)nc12. The minimum Gasteiger partial charge on any atom is -0.345 e. The molecule has 5 rings (SSSR count). The Morgan fingerprint density at radius 1 is 0.926 bits per heavy atom. The van der Waals surface area contributed by atoms with Crippen molar-refractivity contribution < 1.29 is 4.39 Å². The summed E-state index contributed by atoms with van der Waals surface area (Å²) in [4.78, 5) is 14.1. The van der Waals surface area contributed by atoms with Crippen LogP contribution in [0.4, 0.5) is 14.7 Å². The molecule has 27 heavy (non-hydrogen) atoms. The van der Waals surface area contributed by atoms with E-state index in [1.54, 1.807) is 34.8 Å². The average molecular weight is 419 g/mol. The highest BCUT2D eigenvalue weighted by Crippen LogP contribution is 2.35. The summed E-state index contributed by atoms with van der Waals surface area (Å²) in [6.07, 6.45) is 0. The molecule has 0 unspecified atom stereocenters. The van der Waals surface area contributed by atoms with Crippen molar-refractivity contribution in [2.24, 2.45) is 0 Å². The van der Waals surface area contributed by atoms with Gasteiger partial charge in [-0.15, -0.1) is 0 Å². The number of fused-ring (bicyclic) bond motifs is 2. The Morgan fingerprint density at radius 2 is 1.59 bits per heavy atom. The molecule has 4 nitrogen and oxygen atoms in total. The van der Waals surface area contributed by atoms with E-state index < -0.39 is 0 Å². The number of thiazole rings is 2. The molecule has 0 amide bonds. The van der Waals surface area contributed by atoms with E-state index in [0.29, 0.717) is 0 Å². The molecule has 0 atom stereocenters. The molecule has 1 aliphatic heterocycles. The number of aryl methyl sites for hydroxylation is 1. The van der Waals surface area contributed by atoms with Crippen molar-refractivity contribution in [3.05, 3.63) is 46.7 Å². The molecular weight excluding hydrogens is 403 g/mol. The predicted molar refractivity (Wildman–Crippen MR) is 113 cm³/mol. The van der Waals surface area contributed by atoms with E-state index in [9.17, 15) is 4.39 Å². The third-order valence-corrected chi connectivity index (χ3v) is 7.47. The molecule has 0 saturated carbocycles. The van der Waals surface area contributed by atoms with E-state index in [0.717, 1.165) is 62.8 Å². The van der Waals surface area contributed by atoms with Gasteiger partial charge in [-0.2, -0.15) is 0 Å². The van der Waals surface area contributed by atoms with Gasteiger partial charge in [0.2, 0.25) is 0 Å². The van der Waals surface area contributed by atoms with Crippen molar-refractivity contribution in [1.82, 2.24) is 9.97 Å². The largest absolute Gasteiger partial charge is 0.345 e. The Labute approximate surface area is 168 Å². The molecular formula is C19H16ClFN4S2. The maximum absolute atomic E-state index is 13.4. The summed E-state index contributed by atoms with van der Waals surface area (Å²) in [5, 5.41) is 2.76. The molecule has 1 saturated heterocycles. The molecule has 4 aromatic rings. The minimum absolute atomic E-state index is 0.214. The maximum atomic E-state index is 13.4. The quantitative estimate of drug-likeness (QED) is 0.440. The van der Waals surface area contributed by atoms with Gasteiger partial charge in [-0.05, 0) is 42.8 Å². The van der Waals surface area contributed by atoms with Gasteiger partial charge >= 0.3 is 0 Å². The molecule has 138 valence electrons. The smallest absolute Gasteiger partial charge is 0.186 e. The first-order valence-electron chi connectivity index (χ1n) is 8.70. The van der Waals surface area contributed by atoms with Crippen LogP contribution in [0.1, 0.15) is 5.56 Å². The fraction of sp³-hybridized carbons (Fsp3) is 0.263. The van der Waals surface area contributed by atoms with Gasteiger partial charge in [0.25, 0.3) is 0 Å². The first-order chi connectivity index (χ1) is 13.1. The molecule has 3 heterocycles. The first kappa shape index (κ1) is 17.2. The monoisotopic (exact) mass is 418 g/mol. The number of anilines is 2. The number of nitrogens with zero attached hydrogens (tertiary/aromatic N) is 4. The van der Waals surface area contributed by atoms with E-state index in [1.165, 1.54) is 10.8 Å². The summed E-state index contributed by atoms with van der Waals surface area (Å²) in [7, 11) is 0. The lowest BCUT2D eigenvalue weighted by molar-refractivity contribution is 0.630. The second-order valence-electron chi connectivity index (χ2n) is 6.60. The van der Waals surface area contributed by atoms with Crippen LogP contribution >= 0.6 is 34.3 Å². The summed E-state index contributed by atoms with van der Waals surface area (Å²) in [6, 6.07) is 8.75. The molecule has 0 N–H and O–H groups in total. The Kier molecular flexibility index (Phi) is 4.18. The first-order valence-corrected chi connectivity index (χ1v) is 10.7. The number of halogens is 2. The van der Waals surface area contributed by atoms with Gasteiger partial charge < -0.3 is 9.80 Å². The van der Waals surface area contributed by atoms with Crippen molar-refractivity contribution in [2.75, 3.05) is 36.0 Å². The van der Waals surface area contributed by atoms with E-state index in [4.69, 9.17) is 16.6 Å². The van der Waals surface area contributed by atoms with E-state index >= 15 is 0 Å². The van der Waals surface area contributed by atoms with Crippen molar-refractivity contribution >= 4 is 65.0 Å². The molecule has 0 spiro atoms. The average Bonchev–Trinajstić information content (AvgIpc) is 3.29. The summed E-state index contributed by atoms with van der Waals surface area (Å²) < 4.78 is 15.5. The molecule has 8 heteroatoms. The second-order valence-corrected chi connectivity index (χ2v) is 9.02. The molecule has 0 aliphatic carbocycles. The molecule has 2 aromatic carbocycles. The van der Waals surface area contributed by atoms with Gasteiger partial charge in [0.05, 0.1) is 20.4 Å². The van der Waals surface area contributed by atoms with Crippen molar-refractivity contribution in [3.63, 3.8) is 0 Å². The van der Waals surface area contributed by atoms with Crippen LogP contribution in [0.15, 0.2) is 30.3 Å². The topological polar surface area (TPSA) is 32.3 Å². The lowest BCUT2D eigenvalue weighted by Crippen LogP contribution is -2.46. The third-order valence-electron chi connectivity index (χ3n) is 4.90. The summed E-state index contributed by atoms with van der Waals surface area (Å²) in [6.45, 7) is 5.53. The van der Waals surface area contributed by atoms with Crippen LogP contribution in [0.25, 0.3) is 20.4 Å². The number of hydrogen-bond donors (Lipinski definition) is 0. The zero-order valence-electron chi connectivity index (χ0n) is 14.6. The van der Waals surface area contributed by atoms with Gasteiger partial charge in [-0.1, -0.05) is 34.3 Å². The molecule has 0 bridgehead atoms. The van der Waals surface area contributed by atoms with Gasteiger partial charge in [0, 0.05) is 31.2 Å². The molecule has 0 radical (unpaired) electrons. The highest BCUT2D eigenvalue weighted by molar-refractivity contribution is 7.22. The van der Waals surface area contributed by atoms with Crippen LogP contribution in [-0.2, 0) is 0 Å². The van der Waals surface area contributed by atoms with E-state index in [-0.39, 0.29) is 5.82 Å². The Hall–Kier alpha value is -1.96. The minimum atomic E-state index is -0.214. The summed E-state index contributed by atoms with van der Waals surface area (Å²) in [5.74, 6) is -0.214. The summed E-state index contributed by atoms with van der Waals surface area (Å²) >= 11 is 9.49. The Bertz CT molecular complexity index is 1150. The Balaban J connectivity index is 1.35. The van der Waals surface area contributed by atoms with E-state index in [1.807, 2.05) is 19.1 Å². The fourth-order valence-corrected chi connectivity index (χ4v) is 5.61. The van der Waals surface area contributed by atoms with Gasteiger partial charge in [0.15, 0.2) is 10.3 Å². The maximum Gasteiger partial charge on any atom is 0.186 e. The second kappa shape index (κ2) is 6.58. The number of aromatic nitrogens is 2. The third kappa shape index (κ3) is 3.03. The standard InChI is InChI=1S/C19H16ClFN4S2/c1-11-13(20)3-5-15-17(11)23-19(26-15)25-8-6-24(7-9-25)18-22-14-4-2-12(21)10-16(14)27-18/h2-5,10H,6-9H2,1H3. The van der Waals surface area contributed by atoms with Gasteiger partial charge in [-0.25, -0.2) is 14.4 Å². The van der Waals surface area contributed by atoms with Crippen LogP contribution in [0.5, 0.6) is 0 Å². The van der Waals surface area contributed by atoms with Crippen molar-refractivity contribution in [2.45, 2.75) is 6.92 Å². The van der Waals surface area contributed by atoms with Gasteiger partial charge in [0.1, 0.15) is 5.82 Å². The van der Waals surface area contributed by atoms with Crippen LogP contribution in [0.2, 0.25) is 5.02 Å². The molecule has 1 aliphatic rings. The lowest BCUT2D eigenvalue weighted by Gasteiger charge is -2.34. The lowest BCUT2D eigenvalue weighted by atomic mass is 10.2. The van der Waals surface area contributed by atoms with Crippen molar-refractivity contribution in [3.8, 4) is 0 Å². The Morgan fingerprint density at radius 3 is 2.33 bits per heavy atom. The highest BCUT2D eigenvalue weighted by Gasteiger charge is 2.22. The number of rotatable bonds is 2. The van der Waals surface area contributed by atoms with Crippen LogP contribution in [-0.4, -0.2) is 36.1 Å². The zero-order chi connectivity index (χ0) is 18.5.